The highest BCUT2D eigenvalue weighted by Crippen LogP contribution is 2.28. The van der Waals surface area contributed by atoms with Gasteiger partial charge < -0.3 is 15.7 Å². The van der Waals surface area contributed by atoms with Gasteiger partial charge >= 0.3 is 0 Å². The van der Waals surface area contributed by atoms with Crippen molar-refractivity contribution in [3.05, 3.63) is 64.2 Å². The van der Waals surface area contributed by atoms with Gasteiger partial charge in [0.1, 0.15) is 12.4 Å². The molecule has 2 aromatic carbocycles. The Bertz CT molecular complexity index is 672. The molecule has 2 aromatic rings. The molecular weight excluding hydrogens is 302 g/mol. The Hall–Kier alpha value is -2.34. The molecule has 0 saturated heterocycles. The standard InChI is InChI=1S/C14H11ClF2N2O2/c15-11-2-1-3-12(17)13(11)21-7-8-4-5-9(16)6-10(8)14(18)19-20/h1-6,20H,7H2,(H2,18,19). The molecule has 0 fully saturated rings. The van der Waals surface area contributed by atoms with E-state index in [2.05, 4.69) is 5.16 Å². The normalized spacial score (nSPS) is 11.5. The summed E-state index contributed by atoms with van der Waals surface area (Å²) in [4.78, 5) is 0. The summed E-state index contributed by atoms with van der Waals surface area (Å²) in [5.74, 6) is -1.55. The zero-order chi connectivity index (χ0) is 15.4. The molecule has 0 aliphatic rings. The quantitative estimate of drug-likeness (QED) is 0.394. The summed E-state index contributed by atoms with van der Waals surface area (Å²) in [6.07, 6.45) is 0. The lowest BCUT2D eigenvalue weighted by Crippen LogP contribution is -2.17. The molecule has 0 saturated carbocycles. The first-order valence-electron chi connectivity index (χ1n) is 5.86. The van der Waals surface area contributed by atoms with Gasteiger partial charge in [0.2, 0.25) is 0 Å². The van der Waals surface area contributed by atoms with Crippen molar-refractivity contribution in [1.82, 2.24) is 0 Å². The molecule has 3 N–H and O–H groups in total. The third-order valence-corrected chi connectivity index (χ3v) is 3.04. The number of amidine groups is 1. The van der Waals surface area contributed by atoms with E-state index in [1.807, 2.05) is 0 Å². The highest BCUT2D eigenvalue weighted by atomic mass is 35.5. The molecule has 110 valence electrons. The summed E-state index contributed by atoms with van der Waals surface area (Å²) in [7, 11) is 0. The Kier molecular flexibility index (Phi) is 4.59. The van der Waals surface area contributed by atoms with Gasteiger partial charge in [-0.05, 0) is 24.3 Å². The Morgan fingerprint density at radius 3 is 2.71 bits per heavy atom. The predicted molar refractivity (Wildman–Crippen MR) is 74.7 cm³/mol. The number of ether oxygens (including phenoxy) is 1. The molecule has 0 radical (unpaired) electrons. The maximum Gasteiger partial charge on any atom is 0.174 e. The smallest absolute Gasteiger partial charge is 0.174 e. The third-order valence-electron chi connectivity index (χ3n) is 2.75. The number of rotatable bonds is 4. The highest BCUT2D eigenvalue weighted by molar-refractivity contribution is 6.32. The van der Waals surface area contributed by atoms with E-state index >= 15 is 0 Å². The van der Waals surface area contributed by atoms with E-state index in [0.29, 0.717) is 5.56 Å². The van der Waals surface area contributed by atoms with Crippen molar-refractivity contribution < 1.29 is 18.7 Å². The number of nitrogens with zero attached hydrogens (tertiary/aromatic N) is 1. The zero-order valence-electron chi connectivity index (χ0n) is 10.7. The van der Waals surface area contributed by atoms with E-state index in [9.17, 15) is 8.78 Å². The van der Waals surface area contributed by atoms with E-state index in [0.717, 1.165) is 6.07 Å². The van der Waals surface area contributed by atoms with E-state index in [4.69, 9.17) is 27.3 Å². The third kappa shape index (κ3) is 3.41. The van der Waals surface area contributed by atoms with Crippen molar-refractivity contribution in [1.29, 1.82) is 0 Å². The van der Waals surface area contributed by atoms with Crippen LogP contribution < -0.4 is 10.5 Å². The van der Waals surface area contributed by atoms with E-state index < -0.39 is 11.6 Å². The summed E-state index contributed by atoms with van der Waals surface area (Å²) < 4.78 is 32.1. The van der Waals surface area contributed by atoms with Gasteiger partial charge in [0, 0.05) is 11.1 Å². The first kappa shape index (κ1) is 15.1. The van der Waals surface area contributed by atoms with Gasteiger partial charge in [-0.25, -0.2) is 8.78 Å². The SMILES string of the molecule is N/C(=N/O)c1cc(F)ccc1COc1c(F)cccc1Cl. The lowest BCUT2D eigenvalue weighted by atomic mass is 10.1. The topological polar surface area (TPSA) is 67.8 Å². The average molecular weight is 313 g/mol. The first-order valence-corrected chi connectivity index (χ1v) is 6.24. The van der Waals surface area contributed by atoms with Crippen LogP contribution in [0.2, 0.25) is 5.02 Å². The minimum Gasteiger partial charge on any atom is -0.484 e. The lowest BCUT2D eigenvalue weighted by molar-refractivity contribution is 0.290. The second-order valence-electron chi connectivity index (χ2n) is 4.13. The van der Waals surface area contributed by atoms with Crippen LogP contribution >= 0.6 is 11.6 Å². The van der Waals surface area contributed by atoms with Crippen LogP contribution in [0.3, 0.4) is 0 Å². The molecule has 4 nitrogen and oxygen atoms in total. The van der Waals surface area contributed by atoms with Crippen LogP contribution in [0.25, 0.3) is 0 Å². The van der Waals surface area contributed by atoms with Crippen LogP contribution in [0, 0.1) is 11.6 Å². The second-order valence-corrected chi connectivity index (χ2v) is 4.53. The van der Waals surface area contributed by atoms with Crippen molar-refractivity contribution in [2.45, 2.75) is 6.61 Å². The van der Waals surface area contributed by atoms with Gasteiger partial charge in [-0.15, -0.1) is 0 Å². The maximum atomic E-state index is 13.6. The van der Waals surface area contributed by atoms with Gasteiger partial charge in [0.15, 0.2) is 17.4 Å². The molecule has 0 aliphatic heterocycles. The number of hydrogen-bond donors (Lipinski definition) is 2. The fourth-order valence-corrected chi connectivity index (χ4v) is 1.95. The van der Waals surface area contributed by atoms with Gasteiger partial charge in [0.05, 0.1) is 5.02 Å². The molecule has 0 unspecified atom stereocenters. The van der Waals surface area contributed by atoms with E-state index in [-0.39, 0.29) is 28.8 Å². The van der Waals surface area contributed by atoms with Crippen molar-refractivity contribution in [2.24, 2.45) is 10.9 Å². The zero-order valence-corrected chi connectivity index (χ0v) is 11.4. The second kappa shape index (κ2) is 6.41. The van der Waals surface area contributed by atoms with Crippen LogP contribution in [0.1, 0.15) is 11.1 Å². The lowest BCUT2D eigenvalue weighted by Gasteiger charge is -2.12. The predicted octanol–water partition coefficient (Wildman–Crippen LogP) is 3.29. The minimum atomic E-state index is -0.616. The van der Waals surface area contributed by atoms with Gasteiger partial charge in [-0.2, -0.15) is 0 Å². The molecule has 0 aromatic heterocycles. The summed E-state index contributed by atoms with van der Waals surface area (Å²) in [5, 5.41) is 11.6. The van der Waals surface area contributed by atoms with Crippen LogP contribution in [-0.2, 0) is 6.61 Å². The number of oxime groups is 1. The Morgan fingerprint density at radius 2 is 2.05 bits per heavy atom. The van der Waals surface area contributed by atoms with Gasteiger partial charge in [0.25, 0.3) is 0 Å². The van der Waals surface area contributed by atoms with Crippen LogP contribution in [0.5, 0.6) is 5.75 Å². The molecule has 0 amide bonds. The number of nitrogens with two attached hydrogens (primary N) is 1. The van der Waals surface area contributed by atoms with Crippen molar-refractivity contribution in [2.75, 3.05) is 0 Å². The Balaban J connectivity index is 2.28. The Morgan fingerprint density at radius 1 is 1.29 bits per heavy atom. The van der Waals surface area contributed by atoms with Crippen molar-refractivity contribution in [3.8, 4) is 5.75 Å². The molecule has 0 bridgehead atoms. The van der Waals surface area contributed by atoms with E-state index in [1.54, 1.807) is 0 Å². The average Bonchev–Trinajstić information content (AvgIpc) is 2.47. The molecule has 0 aliphatic carbocycles. The maximum absolute atomic E-state index is 13.6. The number of halogens is 3. The van der Waals surface area contributed by atoms with Crippen molar-refractivity contribution in [3.63, 3.8) is 0 Å². The largest absolute Gasteiger partial charge is 0.484 e. The number of hydrogen-bond acceptors (Lipinski definition) is 3. The Labute approximate surface area is 124 Å². The fraction of sp³-hybridized carbons (Fsp3) is 0.0714. The molecule has 0 spiro atoms. The van der Waals surface area contributed by atoms with Crippen molar-refractivity contribution >= 4 is 17.4 Å². The minimum absolute atomic E-state index is 0.113. The van der Waals surface area contributed by atoms with E-state index in [1.165, 1.54) is 30.3 Å². The van der Waals surface area contributed by atoms with Crippen LogP contribution in [0.15, 0.2) is 41.6 Å². The van der Waals surface area contributed by atoms with Crippen LogP contribution in [-0.4, -0.2) is 11.0 Å². The molecule has 0 heterocycles. The highest BCUT2D eigenvalue weighted by Gasteiger charge is 2.12. The summed E-state index contributed by atoms with van der Waals surface area (Å²) >= 11 is 5.84. The fourth-order valence-electron chi connectivity index (χ4n) is 1.74. The summed E-state index contributed by atoms with van der Waals surface area (Å²) in [6.45, 7) is -0.119. The molecule has 21 heavy (non-hydrogen) atoms. The first-order chi connectivity index (χ1) is 10.0. The molecule has 7 heteroatoms. The molecule has 0 atom stereocenters. The number of benzene rings is 2. The van der Waals surface area contributed by atoms with Gasteiger partial charge in [-0.1, -0.05) is 28.9 Å². The summed E-state index contributed by atoms with van der Waals surface area (Å²) in [6, 6.07) is 7.82. The van der Waals surface area contributed by atoms with Gasteiger partial charge in [-0.3, -0.25) is 0 Å². The summed E-state index contributed by atoms with van der Waals surface area (Å²) in [5.41, 5.74) is 6.05. The van der Waals surface area contributed by atoms with Crippen LogP contribution in [0.4, 0.5) is 8.78 Å². The molecule has 2 rings (SSSR count). The monoisotopic (exact) mass is 312 g/mol. The number of para-hydroxylation sites is 1. The molecular formula is C14H11ClF2N2O2.